The quantitative estimate of drug-likeness (QED) is 0.835. The van der Waals surface area contributed by atoms with Crippen LogP contribution in [0.1, 0.15) is 5.56 Å². The molecule has 1 aromatic carbocycles. The molecule has 0 aliphatic heterocycles. The van der Waals surface area contributed by atoms with Gasteiger partial charge in [-0.15, -0.1) is 0 Å². The number of rotatable bonds is 5. The lowest BCUT2D eigenvalue weighted by molar-refractivity contribution is -0.137. The van der Waals surface area contributed by atoms with Gasteiger partial charge in [0, 0.05) is 11.6 Å². The van der Waals surface area contributed by atoms with E-state index in [9.17, 15) is 4.79 Å². The highest BCUT2D eigenvalue weighted by molar-refractivity contribution is 6.31. The lowest BCUT2D eigenvalue weighted by Crippen LogP contribution is -2.27. The number of benzene rings is 1. The third kappa shape index (κ3) is 4.32. The van der Waals surface area contributed by atoms with E-state index >= 15 is 0 Å². The average Bonchev–Trinajstić information content (AvgIpc) is 2.15. The first-order chi connectivity index (χ1) is 7.09. The predicted molar refractivity (Wildman–Crippen MR) is 60.3 cm³/mol. The van der Waals surface area contributed by atoms with Crippen molar-refractivity contribution in [2.45, 2.75) is 6.42 Å². The fraction of sp³-hybridized carbons (Fsp3) is 0.364. The summed E-state index contributed by atoms with van der Waals surface area (Å²) >= 11 is 5.98. The van der Waals surface area contributed by atoms with Gasteiger partial charge in [-0.05, 0) is 25.1 Å². The Labute approximate surface area is 94.3 Å². The van der Waals surface area contributed by atoms with Gasteiger partial charge < -0.3 is 5.11 Å². The van der Waals surface area contributed by atoms with Gasteiger partial charge in [0.2, 0.25) is 0 Å². The molecule has 0 bridgehead atoms. The SMILES string of the molecule is CN(CCc1ccccc1Cl)CC(=O)O. The van der Waals surface area contributed by atoms with Crippen LogP contribution in [-0.4, -0.2) is 36.1 Å². The van der Waals surface area contributed by atoms with E-state index in [1.165, 1.54) is 0 Å². The van der Waals surface area contributed by atoms with Gasteiger partial charge in [-0.3, -0.25) is 9.69 Å². The van der Waals surface area contributed by atoms with Gasteiger partial charge in [-0.2, -0.15) is 0 Å². The number of hydrogen-bond acceptors (Lipinski definition) is 2. The van der Waals surface area contributed by atoms with Crippen molar-refractivity contribution in [3.63, 3.8) is 0 Å². The van der Waals surface area contributed by atoms with Crippen LogP contribution in [0, 0.1) is 0 Å². The standard InChI is InChI=1S/C11H14ClNO2/c1-13(8-11(14)15)7-6-9-4-2-3-5-10(9)12/h2-5H,6-8H2,1H3,(H,14,15). The highest BCUT2D eigenvalue weighted by Crippen LogP contribution is 2.15. The zero-order chi connectivity index (χ0) is 11.3. The average molecular weight is 228 g/mol. The molecule has 15 heavy (non-hydrogen) atoms. The molecule has 1 N–H and O–H groups in total. The van der Waals surface area contributed by atoms with Crippen molar-refractivity contribution in [2.75, 3.05) is 20.1 Å². The Balaban J connectivity index is 2.43. The molecule has 0 atom stereocenters. The molecular formula is C11H14ClNO2. The minimum atomic E-state index is -0.809. The Morgan fingerprint density at radius 1 is 1.47 bits per heavy atom. The zero-order valence-corrected chi connectivity index (χ0v) is 9.37. The largest absolute Gasteiger partial charge is 0.480 e. The number of carboxylic acids is 1. The van der Waals surface area contributed by atoms with E-state index in [-0.39, 0.29) is 6.54 Å². The highest BCUT2D eigenvalue weighted by Gasteiger charge is 2.05. The van der Waals surface area contributed by atoms with Crippen LogP contribution in [0.15, 0.2) is 24.3 Å². The van der Waals surface area contributed by atoms with Crippen LogP contribution in [-0.2, 0) is 11.2 Å². The number of aliphatic carboxylic acids is 1. The molecule has 0 saturated heterocycles. The fourth-order valence-electron chi connectivity index (χ4n) is 1.32. The smallest absolute Gasteiger partial charge is 0.317 e. The molecule has 0 saturated carbocycles. The third-order valence-electron chi connectivity index (χ3n) is 2.13. The molecule has 1 rings (SSSR count). The molecule has 0 amide bonds. The molecule has 0 unspecified atom stereocenters. The number of nitrogens with zero attached hydrogens (tertiary/aromatic N) is 1. The van der Waals surface area contributed by atoms with E-state index in [1.54, 1.807) is 11.9 Å². The van der Waals surface area contributed by atoms with Crippen molar-refractivity contribution in [1.29, 1.82) is 0 Å². The normalized spacial score (nSPS) is 10.6. The molecule has 0 aromatic heterocycles. The van der Waals surface area contributed by atoms with Crippen molar-refractivity contribution >= 4 is 17.6 Å². The summed E-state index contributed by atoms with van der Waals surface area (Å²) in [5.74, 6) is -0.809. The summed E-state index contributed by atoms with van der Waals surface area (Å²) in [6.45, 7) is 0.750. The van der Waals surface area contributed by atoms with Gasteiger partial charge in [0.05, 0.1) is 6.54 Å². The summed E-state index contributed by atoms with van der Waals surface area (Å²) in [5, 5.41) is 9.31. The van der Waals surface area contributed by atoms with Gasteiger partial charge in [-0.1, -0.05) is 29.8 Å². The van der Waals surface area contributed by atoms with Crippen LogP contribution >= 0.6 is 11.6 Å². The summed E-state index contributed by atoms with van der Waals surface area (Å²) in [7, 11) is 1.78. The van der Waals surface area contributed by atoms with E-state index in [4.69, 9.17) is 16.7 Å². The molecule has 0 radical (unpaired) electrons. The van der Waals surface area contributed by atoms with Crippen LogP contribution < -0.4 is 0 Å². The zero-order valence-electron chi connectivity index (χ0n) is 8.61. The molecule has 4 heteroatoms. The molecule has 0 aliphatic carbocycles. The van der Waals surface area contributed by atoms with Gasteiger partial charge in [0.1, 0.15) is 0 Å². The van der Waals surface area contributed by atoms with Gasteiger partial charge in [0.25, 0.3) is 0 Å². The van der Waals surface area contributed by atoms with Crippen molar-refractivity contribution in [2.24, 2.45) is 0 Å². The van der Waals surface area contributed by atoms with Gasteiger partial charge >= 0.3 is 5.97 Å². The minimum absolute atomic E-state index is 0.0600. The molecule has 3 nitrogen and oxygen atoms in total. The summed E-state index contributed by atoms with van der Waals surface area (Å²) in [5.41, 5.74) is 1.05. The number of carboxylic acid groups (broad SMARTS) is 1. The van der Waals surface area contributed by atoms with Crippen LogP contribution in [0.5, 0.6) is 0 Å². The van der Waals surface area contributed by atoms with Crippen LogP contribution in [0.25, 0.3) is 0 Å². The molecular weight excluding hydrogens is 214 g/mol. The van der Waals surface area contributed by atoms with Crippen LogP contribution in [0.2, 0.25) is 5.02 Å². The maximum atomic E-state index is 10.4. The third-order valence-corrected chi connectivity index (χ3v) is 2.49. The van der Waals surface area contributed by atoms with E-state index in [0.29, 0.717) is 6.54 Å². The number of carbonyl (C=O) groups is 1. The predicted octanol–water partition coefficient (Wildman–Crippen LogP) is 1.90. The van der Waals surface area contributed by atoms with Gasteiger partial charge in [0.15, 0.2) is 0 Å². The van der Waals surface area contributed by atoms with E-state index in [2.05, 4.69) is 0 Å². The second kappa shape index (κ2) is 5.73. The maximum Gasteiger partial charge on any atom is 0.317 e. The van der Waals surface area contributed by atoms with Crippen molar-refractivity contribution < 1.29 is 9.90 Å². The van der Waals surface area contributed by atoms with Crippen LogP contribution in [0.4, 0.5) is 0 Å². The summed E-state index contributed by atoms with van der Waals surface area (Å²) in [6, 6.07) is 7.61. The Hall–Kier alpha value is -1.06. The highest BCUT2D eigenvalue weighted by atomic mass is 35.5. The Morgan fingerprint density at radius 2 is 2.13 bits per heavy atom. The van der Waals surface area contributed by atoms with E-state index < -0.39 is 5.97 Å². The second-order valence-corrected chi connectivity index (χ2v) is 3.88. The molecule has 0 fully saturated rings. The summed E-state index contributed by atoms with van der Waals surface area (Å²) in [6.07, 6.45) is 0.767. The van der Waals surface area contributed by atoms with Crippen molar-refractivity contribution in [3.8, 4) is 0 Å². The lowest BCUT2D eigenvalue weighted by Gasteiger charge is -2.13. The molecule has 82 valence electrons. The first kappa shape index (κ1) is 12.0. The topological polar surface area (TPSA) is 40.5 Å². The second-order valence-electron chi connectivity index (χ2n) is 3.47. The molecule has 0 heterocycles. The number of likely N-dealkylation sites (N-methyl/N-ethyl adjacent to an activating group) is 1. The lowest BCUT2D eigenvalue weighted by atomic mass is 10.1. The van der Waals surface area contributed by atoms with E-state index in [1.807, 2.05) is 24.3 Å². The summed E-state index contributed by atoms with van der Waals surface area (Å²) < 4.78 is 0. The maximum absolute atomic E-state index is 10.4. The summed E-state index contributed by atoms with van der Waals surface area (Å²) in [4.78, 5) is 12.2. The number of hydrogen-bond donors (Lipinski definition) is 1. The molecule has 0 spiro atoms. The van der Waals surface area contributed by atoms with Crippen LogP contribution in [0.3, 0.4) is 0 Å². The Morgan fingerprint density at radius 3 is 2.73 bits per heavy atom. The fourth-order valence-corrected chi connectivity index (χ4v) is 1.55. The first-order valence-corrected chi connectivity index (χ1v) is 5.11. The van der Waals surface area contributed by atoms with Crippen molar-refractivity contribution in [3.05, 3.63) is 34.9 Å². The molecule has 0 aliphatic rings. The first-order valence-electron chi connectivity index (χ1n) is 4.73. The van der Waals surface area contributed by atoms with Gasteiger partial charge in [-0.25, -0.2) is 0 Å². The monoisotopic (exact) mass is 227 g/mol. The Kier molecular flexibility index (Phi) is 4.59. The minimum Gasteiger partial charge on any atom is -0.480 e. The molecule has 1 aromatic rings. The number of halogens is 1. The van der Waals surface area contributed by atoms with Crippen molar-refractivity contribution in [1.82, 2.24) is 4.90 Å². The Bertz CT molecular complexity index is 341. The van der Waals surface area contributed by atoms with E-state index in [0.717, 1.165) is 17.0 Å².